The molecule has 1 aromatic rings. The van der Waals surface area contributed by atoms with Gasteiger partial charge in [0.1, 0.15) is 6.10 Å². The molecular formula is C23H35IN4O3. The Morgan fingerprint density at radius 3 is 2.55 bits per heavy atom. The second-order valence-electron chi connectivity index (χ2n) is 8.31. The van der Waals surface area contributed by atoms with E-state index in [0.29, 0.717) is 26.1 Å². The molecule has 2 unspecified atom stereocenters. The molecule has 4 rings (SSSR count). The van der Waals surface area contributed by atoms with Gasteiger partial charge in [-0.1, -0.05) is 24.3 Å². The van der Waals surface area contributed by atoms with Gasteiger partial charge in [-0.15, -0.1) is 24.0 Å². The van der Waals surface area contributed by atoms with Gasteiger partial charge < -0.3 is 24.6 Å². The quantitative estimate of drug-likeness (QED) is 0.341. The fraction of sp³-hybridized carbons (Fsp3) is 0.652. The Morgan fingerprint density at radius 2 is 1.87 bits per heavy atom. The van der Waals surface area contributed by atoms with Crippen LogP contribution in [-0.4, -0.2) is 73.3 Å². The molecule has 3 heterocycles. The number of nitrogens with one attached hydrogen (secondary N) is 1. The molecule has 31 heavy (non-hydrogen) atoms. The van der Waals surface area contributed by atoms with Crippen molar-refractivity contribution in [3.8, 4) is 0 Å². The lowest BCUT2D eigenvalue weighted by molar-refractivity contribution is -0.128. The number of guanidine groups is 1. The highest BCUT2D eigenvalue weighted by molar-refractivity contribution is 14.0. The summed E-state index contributed by atoms with van der Waals surface area (Å²) in [6.45, 7) is 8.38. The molecule has 3 fully saturated rings. The van der Waals surface area contributed by atoms with Crippen molar-refractivity contribution in [3.63, 3.8) is 0 Å². The monoisotopic (exact) mass is 542 g/mol. The van der Waals surface area contributed by atoms with Crippen LogP contribution in [0.5, 0.6) is 0 Å². The van der Waals surface area contributed by atoms with Crippen LogP contribution >= 0.6 is 24.0 Å². The molecule has 3 saturated heterocycles. The zero-order valence-corrected chi connectivity index (χ0v) is 20.8. The number of ether oxygens (including phenoxy) is 2. The number of nitrogens with zero attached hydrogens (tertiary/aromatic N) is 3. The molecule has 7 nitrogen and oxygen atoms in total. The van der Waals surface area contributed by atoms with E-state index < -0.39 is 0 Å². The van der Waals surface area contributed by atoms with E-state index in [4.69, 9.17) is 14.5 Å². The summed E-state index contributed by atoms with van der Waals surface area (Å²) >= 11 is 0. The van der Waals surface area contributed by atoms with Crippen LogP contribution in [0.25, 0.3) is 0 Å². The largest absolute Gasteiger partial charge is 0.375 e. The highest BCUT2D eigenvalue weighted by Crippen LogP contribution is 2.21. The maximum absolute atomic E-state index is 11.8. The minimum atomic E-state index is 0. The van der Waals surface area contributed by atoms with Gasteiger partial charge >= 0.3 is 0 Å². The predicted octanol–water partition coefficient (Wildman–Crippen LogP) is 2.77. The smallest absolute Gasteiger partial charge is 0.222 e. The molecule has 2 atom stereocenters. The summed E-state index contributed by atoms with van der Waals surface area (Å²) < 4.78 is 11.8. The van der Waals surface area contributed by atoms with Crippen LogP contribution < -0.4 is 5.32 Å². The van der Waals surface area contributed by atoms with Crippen LogP contribution in [0.3, 0.4) is 0 Å². The van der Waals surface area contributed by atoms with Gasteiger partial charge in [0.05, 0.1) is 19.3 Å². The third-order valence-electron chi connectivity index (χ3n) is 6.09. The highest BCUT2D eigenvalue weighted by Gasteiger charge is 2.32. The molecule has 0 spiro atoms. The van der Waals surface area contributed by atoms with Crippen LogP contribution in [0, 0.1) is 0 Å². The third-order valence-corrected chi connectivity index (χ3v) is 6.09. The minimum absolute atomic E-state index is 0. The summed E-state index contributed by atoms with van der Waals surface area (Å²) in [6, 6.07) is 8.48. The van der Waals surface area contributed by atoms with Crippen molar-refractivity contribution in [2.75, 3.05) is 39.4 Å². The van der Waals surface area contributed by atoms with Crippen molar-refractivity contribution >= 4 is 35.8 Å². The van der Waals surface area contributed by atoms with Gasteiger partial charge in [-0.2, -0.15) is 0 Å². The van der Waals surface area contributed by atoms with Crippen molar-refractivity contribution < 1.29 is 14.3 Å². The number of carbonyl (C=O) groups excluding carboxylic acids is 1. The molecule has 0 aliphatic carbocycles. The van der Waals surface area contributed by atoms with Crippen molar-refractivity contribution in [1.82, 2.24) is 15.1 Å². The SMILES string of the molecule is CCNC(=NCc1ccc(CN2CCCC2=O)cc1)N1CCOC(C2CCCO2)C1.I. The average Bonchev–Trinajstić information content (AvgIpc) is 3.45. The first kappa shape index (κ1) is 24.3. The third kappa shape index (κ3) is 6.55. The van der Waals surface area contributed by atoms with E-state index in [1.54, 1.807) is 0 Å². The second-order valence-corrected chi connectivity index (χ2v) is 8.31. The molecular weight excluding hydrogens is 507 g/mol. The molecule has 3 aliphatic rings. The van der Waals surface area contributed by atoms with Gasteiger partial charge in [0.25, 0.3) is 0 Å². The number of morpholine rings is 1. The Balaban J connectivity index is 0.00000272. The van der Waals surface area contributed by atoms with E-state index in [-0.39, 0.29) is 42.1 Å². The van der Waals surface area contributed by atoms with Crippen LogP contribution in [-0.2, 0) is 27.4 Å². The van der Waals surface area contributed by atoms with E-state index in [1.165, 1.54) is 11.1 Å². The molecule has 0 aromatic heterocycles. The van der Waals surface area contributed by atoms with E-state index >= 15 is 0 Å². The molecule has 0 saturated carbocycles. The number of hydrogen-bond donors (Lipinski definition) is 1. The highest BCUT2D eigenvalue weighted by atomic mass is 127. The van der Waals surface area contributed by atoms with Crippen LogP contribution in [0.4, 0.5) is 0 Å². The van der Waals surface area contributed by atoms with Gasteiger partial charge in [-0.3, -0.25) is 4.79 Å². The first-order chi connectivity index (χ1) is 14.7. The van der Waals surface area contributed by atoms with E-state index in [9.17, 15) is 4.79 Å². The summed E-state index contributed by atoms with van der Waals surface area (Å²) in [7, 11) is 0. The van der Waals surface area contributed by atoms with Gasteiger partial charge in [-0.25, -0.2) is 4.99 Å². The lowest BCUT2D eigenvalue weighted by Gasteiger charge is -2.37. The molecule has 1 aromatic carbocycles. The summed E-state index contributed by atoms with van der Waals surface area (Å²) in [5, 5.41) is 3.43. The predicted molar refractivity (Wildman–Crippen MR) is 132 cm³/mol. The number of amides is 1. The fourth-order valence-corrected chi connectivity index (χ4v) is 4.42. The first-order valence-electron chi connectivity index (χ1n) is 11.3. The number of rotatable bonds is 6. The number of likely N-dealkylation sites (tertiary alicyclic amines) is 1. The number of hydrogen-bond acceptors (Lipinski definition) is 4. The van der Waals surface area contributed by atoms with Gasteiger partial charge in [0, 0.05) is 45.8 Å². The molecule has 172 valence electrons. The summed E-state index contributed by atoms with van der Waals surface area (Å²) in [5.41, 5.74) is 2.35. The maximum Gasteiger partial charge on any atom is 0.222 e. The average molecular weight is 542 g/mol. The lowest BCUT2D eigenvalue weighted by atomic mass is 10.1. The summed E-state index contributed by atoms with van der Waals surface area (Å²) in [6.07, 6.45) is 4.22. The maximum atomic E-state index is 11.8. The summed E-state index contributed by atoms with van der Waals surface area (Å²) in [4.78, 5) is 20.9. The number of carbonyl (C=O) groups is 1. The molecule has 1 N–H and O–H groups in total. The van der Waals surface area contributed by atoms with Gasteiger partial charge in [0.2, 0.25) is 5.91 Å². The zero-order valence-electron chi connectivity index (χ0n) is 18.4. The Hall–Kier alpha value is -1.39. The second kappa shape index (κ2) is 12.0. The van der Waals surface area contributed by atoms with Gasteiger partial charge in [-0.05, 0) is 37.3 Å². The molecule has 0 bridgehead atoms. The van der Waals surface area contributed by atoms with Crippen molar-refractivity contribution in [1.29, 1.82) is 0 Å². The standard InChI is InChI=1S/C23H34N4O3.HI/c1-2-24-23(27-12-14-30-21(17-27)20-5-4-13-29-20)25-15-18-7-9-19(10-8-18)16-26-11-3-6-22(26)28;/h7-10,20-21H,2-6,11-17H2,1H3,(H,24,25);1H. The Labute approximate surface area is 202 Å². The molecule has 0 radical (unpaired) electrons. The number of aliphatic imine (C=N–C) groups is 1. The van der Waals surface area contributed by atoms with Gasteiger partial charge in [0.15, 0.2) is 5.96 Å². The van der Waals surface area contributed by atoms with E-state index in [2.05, 4.69) is 41.4 Å². The van der Waals surface area contributed by atoms with Crippen LogP contribution in [0.1, 0.15) is 43.7 Å². The van der Waals surface area contributed by atoms with Crippen molar-refractivity contribution in [2.45, 2.75) is 57.9 Å². The van der Waals surface area contributed by atoms with Crippen LogP contribution in [0.2, 0.25) is 0 Å². The van der Waals surface area contributed by atoms with E-state index in [0.717, 1.165) is 58.0 Å². The minimum Gasteiger partial charge on any atom is -0.375 e. The van der Waals surface area contributed by atoms with Crippen molar-refractivity contribution in [2.24, 2.45) is 4.99 Å². The Bertz CT molecular complexity index is 737. The Kier molecular flexibility index (Phi) is 9.40. The normalized spacial score (nSPS) is 24.4. The number of benzene rings is 1. The number of halogens is 1. The Morgan fingerprint density at radius 1 is 1.10 bits per heavy atom. The molecule has 1 amide bonds. The topological polar surface area (TPSA) is 66.4 Å². The summed E-state index contributed by atoms with van der Waals surface area (Å²) in [5.74, 6) is 1.21. The van der Waals surface area contributed by atoms with E-state index in [1.807, 2.05) is 4.90 Å². The van der Waals surface area contributed by atoms with Crippen LogP contribution in [0.15, 0.2) is 29.3 Å². The first-order valence-corrected chi connectivity index (χ1v) is 11.3. The molecule has 3 aliphatic heterocycles. The lowest BCUT2D eigenvalue weighted by Crippen LogP contribution is -2.53. The fourth-order valence-electron chi connectivity index (χ4n) is 4.42. The van der Waals surface area contributed by atoms with Crippen molar-refractivity contribution in [3.05, 3.63) is 35.4 Å². The zero-order chi connectivity index (χ0) is 20.8. The molecule has 8 heteroatoms.